The van der Waals surface area contributed by atoms with Crippen LogP contribution in [0.2, 0.25) is 0 Å². The molecule has 0 fully saturated rings. The Balaban J connectivity index is 1.59. The lowest BCUT2D eigenvalue weighted by Gasteiger charge is -2.29. The lowest BCUT2D eigenvalue weighted by molar-refractivity contribution is -0.120. The minimum absolute atomic E-state index is 0.0406. The molecular weight excluding hydrogens is 279 g/mol. The number of anilines is 1. The second kappa shape index (κ2) is 5.21. The summed E-state index contributed by atoms with van der Waals surface area (Å²) in [6.45, 7) is 1.34. The monoisotopic (exact) mass is 296 g/mol. The van der Waals surface area contributed by atoms with E-state index in [1.54, 1.807) is 11.0 Å². The van der Waals surface area contributed by atoms with Crippen LogP contribution in [0.3, 0.4) is 0 Å². The van der Waals surface area contributed by atoms with Crippen molar-refractivity contribution in [3.8, 4) is 0 Å². The molecule has 1 N–H and O–H groups in total. The standard InChI is InChI=1S/C18H17FN2O/c19-15-6-5-12-7-8-21(17(12)10-15)18(22)16-9-13-3-1-2-4-14(13)11-20-16/h1-6,10,16,20H,7-9,11H2. The third kappa shape index (κ3) is 2.20. The van der Waals surface area contributed by atoms with E-state index in [9.17, 15) is 9.18 Å². The highest BCUT2D eigenvalue weighted by Crippen LogP contribution is 2.30. The van der Waals surface area contributed by atoms with Gasteiger partial charge in [0, 0.05) is 18.8 Å². The molecule has 1 atom stereocenters. The molecule has 22 heavy (non-hydrogen) atoms. The number of amides is 1. The maximum Gasteiger partial charge on any atom is 0.244 e. The van der Waals surface area contributed by atoms with Gasteiger partial charge in [-0.15, -0.1) is 0 Å². The van der Waals surface area contributed by atoms with Crippen molar-refractivity contribution in [1.82, 2.24) is 5.32 Å². The summed E-state index contributed by atoms with van der Waals surface area (Å²) in [5.41, 5.74) is 4.24. The van der Waals surface area contributed by atoms with E-state index in [4.69, 9.17) is 0 Å². The second-order valence-corrected chi connectivity index (χ2v) is 5.92. The molecule has 2 aliphatic rings. The zero-order chi connectivity index (χ0) is 15.1. The number of rotatable bonds is 1. The topological polar surface area (TPSA) is 32.3 Å². The smallest absolute Gasteiger partial charge is 0.244 e. The van der Waals surface area contributed by atoms with Crippen molar-refractivity contribution < 1.29 is 9.18 Å². The van der Waals surface area contributed by atoms with Gasteiger partial charge in [0.2, 0.25) is 5.91 Å². The summed E-state index contributed by atoms with van der Waals surface area (Å²) in [4.78, 5) is 14.6. The number of carbonyl (C=O) groups excluding carboxylic acids is 1. The van der Waals surface area contributed by atoms with Crippen LogP contribution in [-0.2, 0) is 24.2 Å². The third-order valence-corrected chi connectivity index (χ3v) is 4.59. The van der Waals surface area contributed by atoms with Gasteiger partial charge in [0.15, 0.2) is 0 Å². The van der Waals surface area contributed by atoms with Gasteiger partial charge in [-0.05, 0) is 41.7 Å². The van der Waals surface area contributed by atoms with Crippen LogP contribution in [0.15, 0.2) is 42.5 Å². The SMILES string of the molecule is O=C(C1Cc2ccccc2CN1)N1CCc2ccc(F)cc21. The predicted molar refractivity (Wildman–Crippen MR) is 83.2 cm³/mol. The van der Waals surface area contributed by atoms with Crippen LogP contribution >= 0.6 is 0 Å². The quantitative estimate of drug-likeness (QED) is 0.876. The second-order valence-electron chi connectivity index (χ2n) is 5.92. The molecule has 3 nitrogen and oxygen atoms in total. The number of nitrogens with zero attached hydrogens (tertiary/aromatic N) is 1. The van der Waals surface area contributed by atoms with Crippen LogP contribution in [-0.4, -0.2) is 18.5 Å². The minimum atomic E-state index is -0.291. The van der Waals surface area contributed by atoms with E-state index >= 15 is 0 Å². The van der Waals surface area contributed by atoms with Crippen molar-refractivity contribution in [2.75, 3.05) is 11.4 Å². The number of nitrogens with one attached hydrogen (secondary N) is 1. The Morgan fingerprint density at radius 3 is 2.82 bits per heavy atom. The van der Waals surface area contributed by atoms with Crippen LogP contribution in [0.1, 0.15) is 16.7 Å². The predicted octanol–water partition coefficient (Wildman–Crippen LogP) is 2.43. The van der Waals surface area contributed by atoms with Crippen LogP contribution in [0, 0.1) is 5.82 Å². The summed E-state index contributed by atoms with van der Waals surface area (Å²) in [6.07, 6.45) is 1.49. The molecule has 2 aromatic rings. The molecule has 0 spiro atoms. The van der Waals surface area contributed by atoms with E-state index in [0.29, 0.717) is 19.5 Å². The molecule has 0 saturated heterocycles. The number of halogens is 1. The molecule has 4 rings (SSSR count). The van der Waals surface area contributed by atoms with Crippen molar-refractivity contribution >= 4 is 11.6 Å². The van der Waals surface area contributed by atoms with E-state index in [0.717, 1.165) is 17.7 Å². The van der Waals surface area contributed by atoms with Gasteiger partial charge in [0.1, 0.15) is 5.82 Å². The van der Waals surface area contributed by atoms with Crippen molar-refractivity contribution in [2.24, 2.45) is 0 Å². The fraction of sp³-hybridized carbons (Fsp3) is 0.278. The number of benzene rings is 2. The highest BCUT2D eigenvalue weighted by atomic mass is 19.1. The Bertz CT molecular complexity index is 744. The molecule has 112 valence electrons. The van der Waals surface area contributed by atoms with Crippen molar-refractivity contribution in [1.29, 1.82) is 0 Å². The van der Waals surface area contributed by atoms with Gasteiger partial charge < -0.3 is 10.2 Å². The molecule has 2 aliphatic heterocycles. The first kappa shape index (κ1) is 13.5. The van der Waals surface area contributed by atoms with Crippen molar-refractivity contribution in [3.05, 3.63) is 65.0 Å². The molecular formula is C18H17FN2O. The van der Waals surface area contributed by atoms with Gasteiger partial charge in [-0.2, -0.15) is 0 Å². The van der Waals surface area contributed by atoms with E-state index < -0.39 is 0 Å². The highest BCUT2D eigenvalue weighted by molar-refractivity contribution is 5.99. The van der Waals surface area contributed by atoms with Gasteiger partial charge in [0.05, 0.1) is 6.04 Å². The minimum Gasteiger partial charge on any atom is -0.310 e. The van der Waals surface area contributed by atoms with Crippen LogP contribution < -0.4 is 10.2 Å². The molecule has 0 aliphatic carbocycles. The summed E-state index contributed by atoms with van der Waals surface area (Å²) in [5, 5.41) is 3.31. The van der Waals surface area contributed by atoms with Gasteiger partial charge >= 0.3 is 0 Å². The van der Waals surface area contributed by atoms with E-state index in [-0.39, 0.29) is 17.8 Å². The fourth-order valence-electron chi connectivity index (χ4n) is 3.40. The van der Waals surface area contributed by atoms with E-state index in [1.807, 2.05) is 12.1 Å². The van der Waals surface area contributed by atoms with Gasteiger partial charge in [-0.25, -0.2) is 4.39 Å². The van der Waals surface area contributed by atoms with Crippen molar-refractivity contribution in [2.45, 2.75) is 25.4 Å². The average molecular weight is 296 g/mol. The first-order valence-corrected chi connectivity index (χ1v) is 7.62. The Kier molecular flexibility index (Phi) is 3.19. The van der Waals surface area contributed by atoms with E-state index in [2.05, 4.69) is 17.4 Å². The summed E-state index contributed by atoms with van der Waals surface area (Å²) in [7, 11) is 0. The van der Waals surface area contributed by atoms with Crippen LogP contribution in [0.4, 0.5) is 10.1 Å². The van der Waals surface area contributed by atoms with Gasteiger partial charge in [-0.3, -0.25) is 4.79 Å². The lowest BCUT2D eigenvalue weighted by atomic mass is 9.95. The summed E-state index contributed by atoms with van der Waals surface area (Å²) < 4.78 is 13.5. The Morgan fingerprint density at radius 1 is 1.14 bits per heavy atom. The molecule has 0 saturated carbocycles. The molecule has 0 aromatic heterocycles. The number of carbonyl (C=O) groups is 1. The lowest BCUT2D eigenvalue weighted by Crippen LogP contribution is -2.49. The molecule has 1 unspecified atom stereocenters. The van der Waals surface area contributed by atoms with Gasteiger partial charge in [0.25, 0.3) is 0 Å². The molecule has 1 amide bonds. The summed E-state index contributed by atoms with van der Waals surface area (Å²) >= 11 is 0. The van der Waals surface area contributed by atoms with Gasteiger partial charge in [-0.1, -0.05) is 30.3 Å². The Labute approximate surface area is 128 Å². The molecule has 2 heterocycles. The highest BCUT2D eigenvalue weighted by Gasteiger charge is 2.32. The third-order valence-electron chi connectivity index (χ3n) is 4.59. The Hall–Kier alpha value is -2.20. The van der Waals surface area contributed by atoms with Crippen LogP contribution in [0.5, 0.6) is 0 Å². The largest absolute Gasteiger partial charge is 0.310 e. The zero-order valence-corrected chi connectivity index (χ0v) is 12.2. The first-order chi connectivity index (χ1) is 10.7. The first-order valence-electron chi connectivity index (χ1n) is 7.62. The Morgan fingerprint density at radius 2 is 1.95 bits per heavy atom. The molecule has 2 aromatic carbocycles. The molecule has 4 heteroatoms. The van der Waals surface area contributed by atoms with Crippen LogP contribution in [0.25, 0.3) is 0 Å². The maximum atomic E-state index is 13.5. The maximum absolute atomic E-state index is 13.5. The number of hydrogen-bond donors (Lipinski definition) is 1. The van der Waals surface area contributed by atoms with E-state index in [1.165, 1.54) is 23.3 Å². The average Bonchev–Trinajstić information content (AvgIpc) is 2.96. The molecule has 0 radical (unpaired) electrons. The normalized spacial score (nSPS) is 19.7. The molecule has 0 bridgehead atoms. The number of fused-ring (bicyclic) bond motifs is 2. The fourth-order valence-corrected chi connectivity index (χ4v) is 3.40. The summed E-state index contributed by atoms with van der Waals surface area (Å²) in [6, 6.07) is 12.7. The zero-order valence-electron chi connectivity index (χ0n) is 12.2. The summed E-state index contributed by atoms with van der Waals surface area (Å²) in [5.74, 6) is -0.251. The number of hydrogen-bond acceptors (Lipinski definition) is 2. The van der Waals surface area contributed by atoms with Crippen molar-refractivity contribution in [3.63, 3.8) is 0 Å².